The van der Waals surface area contributed by atoms with E-state index in [0.29, 0.717) is 12.1 Å². The van der Waals surface area contributed by atoms with Crippen molar-refractivity contribution in [3.8, 4) is 0 Å². The number of aliphatic imine (C=N–C) groups is 1. The van der Waals surface area contributed by atoms with Crippen molar-refractivity contribution in [3.63, 3.8) is 0 Å². The summed E-state index contributed by atoms with van der Waals surface area (Å²) in [5.41, 5.74) is 0.848. The van der Waals surface area contributed by atoms with Gasteiger partial charge >= 0.3 is 11.8 Å². The average Bonchev–Trinajstić information content (AvgIpc) is 2.40. The molecule has 0 amide bonds. The first-order chi connectivity index (χ1) is 8.68. The number of benzene rings is 1. The summed E-state index contributed by atoms with van der Waals surface area (Å²) in [7, 11) is 0. The van der Waals surface area contributed by atoms with Crippen LogP contribution >= 0.6 is 0 Å². The molecule has 1 aliphatic rings. The van der Waals surface area contributed by atoms with Gasteiger partial charge in [0.15, 0.2) is 0 Å². The Bertz CT molecular complexity index is 457. The third kappa shape index (κ3) is 2.27. The lowest BCUT2D eigenvalue weighted by Gasteiger charge is -2.30. The van der Waals surface area contributed by atoms with Gasteiger partial charge in [0.05, 0.1) is 19.8 Å². The lowest BCUT2D eigenvalue weighted by Crippen LogP contribution is -2.53. The number of nitrogens with zero attached hydrogens (tertiary/aromatic N) is 1. The highest BCUT2D eigenvalue weighted by molar-refractivity contribution is 6.17. The molecule has 2 rings (SSSR count). The molecule has 0 spiro atoms. The summed E-state index contributed by atoms with van der Waals surface area (Å²) in [6.45, 7) is 2.44. The number of hydrogen-bond donors (Lipinski definition) is 1. The van der Waals surface area contributed by atoms with Gasteiger partial charge in [0.2, 0.25) is 0 Å². The quantitative estimate of drug-likeness (QED) is 0.803. The summed E-state index contributed by atoms with van der Waals surface area (Å²) < 4.78 is 10.0. The minimum absolute atomic E-state index is 0.173. The first-order valence-corrected chi connectivity index (χ1v) is 5.82. The second-order valence-electron chi connectivity index (χ2n) is 3.81. The van der Waals surface area contributed by atoms with Crippen LogP contribution in [-0.4, -0.2) is 42.3 Å². The van der Waals surface area contributed by atoms with Gasteiger partial charge in [-0.2, -0.15) is 0 Å². The van der Waals surface area contributed by atoms with E-state index in [1.54, 1.807) is 31.2 Å². The molecule has 0 radical (unpaired) electrons. The Hall–Kier alpha value is -1.72. The standard InChI is InChI=1S/C13H15NO4/c1-2-17-12(15)13(16)11(14-8-9-18-13)10-6-4-3-5-7-10/h3-7,16H,2,8-9H2,1H3. The van der Waals surface area contributed by atoms with Crippen LogP contribution in [0.15, 0.2) is 35.3 Å². The Morgan fingerprint density at radius 2 is 2.22 bits per heavy atom. The first-order valence-electron chi connectivity index (χ1n) is 5.82. The van der Waals surface area contributed by atoms with Crippen LogP contribution in [0.3, 0.4) is 0 Å². The normalized spacial score (nSPS) is 23.3. The van der Waals surface area contributed by atoms with Crippen molar-refractivity contribution in [1.82, 2.24) is 0 Å². The predicted molar refractivity (Wildman–Crippen MR) is 65.4 cm³/mol. The molecule has 1 atom stereocenters. The Morgan fingerprint density at radius 1 is 1.50 bits per heavy atom. The Labute approximate surface area is 105 Å². The van der Waals surface area contributed by atoms with Gasteiger partial charge in [-0.3, -0.25) is 4.99 Å². The molecule has 0 bridgehead atoms. The lowest BCUT2D eigenvalue weighted by molar-refractivity contribution is -0.202. The van der Waals surface area contributed by atoms with Crippen LogP contribution in [0.25, 0.3) is 0 Å². The lowest BCUT2D eigenvalue weighted by atomic mass is 10.0. The van der Waals surface area contributed by atoms with E-state index in [1.807, 2.05) is 6.07 Å². The van der Waals surface area contributed by atoms with Gasteiger partial charge in [-0.05, 0) is 6.92 Å². The third-order valence-electron chi connectivity index (χ3n) is 2.59. The highest BCUT2D eigenvalue weighted by Gasteiger charge is 2.46. The highest BCUT2D eigenvalue weighted by atomic mass is 16.7. The van der Waals surface area contributed by atoms with Crippen molar-refractivity contribution in [2.24, 2.45) is 4.99 Å². The Balaban J connectivity index is 2.37. The molecule has 0 saturated carbocycles. The van der Waals surface area contributed by atoms with E-state index < -0.39 is 11.8 Å². The monoisotopic (exact) mass is 249 g/mol. The van der Waals surface area contributed by atoms with E-state index in [-0.39, 0.29) is 18.9 Å². The molecule has 0 fully saturated rings. The largest absolute Gasteiger partial charge is 0.462 e. The van der Waals surface area contributed by atoms with Crippen molar-refractivity contribution in [3.05, 3.63) is 35.9 Å². The summed E-state index contributed by atoms with van der Waals surface area (Å²) in [6, 6.07) is 8.97. The van der Waals surface area contributed by atoms with E-state index in [1.165, 1.54) is 0 Å². The van der Waals surface area contributed by atoms with Crippen LogP contribution in [0.5, 0.6) is 0 Å². The van der Waals surface area contributed by atoms with Gasteiger partial charge < -0.3 is 14.6 Å². The minimum Gasteiger partial charge on any atom is -0.462 e. The van der Waals surface area contributed by atoms with Crippen molar-refractivity contribution >= 4 is 11.7 Å². The maximum absolute atomic E-state index is 11.8. The van der Waals surface area contributed by atoms with Crippen LogP contribution in [-0.2, 0) is 14.3 Å². The zero-order valence-corrected chi connectivity index (χ0v) is 10.1. The van der Waals surface area contributed by atoms with E-state index in [4.69, 9.17) is 9.47 Å². The molecule has 96 valence electrons. The van der Waals surface area contributed by atoms with Crippen molar-refractivity contribution in [1.29, 1.82) is 0 Å². The van der Waals surface area contributed by atoms with Crippen molar-refractivity contribution in [2.45, 2.75) is 12.7 Å². The van der Waals surface area contributed by atoms with Gasteiger partial charge in [-0.15, -0.1) is 0 Å². The highest BCUT2D eigenvalue weighted by Crippen LogP contribution is 2.21. The molecule has 1 aromatic carbocycles. The third-order valence-corrected chi connectivity index (χ3v) is 2.59. The number of ether oxygens (including phenoxy) is 2. The number of esters is 1. The topological polar surface area (TPSA) is 68.1 Å². The number of carbonyl (C=O) groups is 1. The fourth-order valence-electron chi connectivity index (χ4n) is 1.79. The Morgan fingerprint density at radius 3 is 2.89 bits per heavy atom. The fourth-order valence-corrected chi connectivity index (χ4v) is 1.79. The SMILES string of the molecule is CCOC(=O)C1(O)OCCN=C1c1ccccc1. The second kappa shape index (κ2) is 5.29. The van der Waals surface area contributed by atoms with Crippen LogP contribution < -0.4 is 0 Å². The smallest absolute Gasteiger partial charge is 0.373 e. The molecule has 1 aromatic rings. The predicted octanol–water partition coefficient (Wildman–Crippen LogP) is 0.758. The molecular weight excluding hydrogens is 234 g/mol. The molecule has 1 heterocycles. The second-order valence-corrected chi connectivity index (χ2v) is 3.81. The molecule has 1 aliphatic heterocycles. The first kappa shape index (κ1) is 12.7. The summed E-state index contributed by atoms with van der Waals surface area (Å²) in [5.74, 6) is -2.93. The molecule has 0 aliphatic carbocycles. The molecule has 0 aromatic heterocycles. The number of aliphatic hydroxyl groups is 1. The molecule has 5 nitrogen and oxygen atoms in total. The summed E-state index contributed by atoms with van der Waals surface area (Å²) in [5, 5.41) is 10.4. The molecule has 1 N–H and O–H groups in total. The van der Waals surface area contributed by atoms with Crippen LogP contribution in [0.2, 0.25) is 0 Å². The van der Waals surface area contributed by atoms with Crippen LogP contribution in [0.1, 0.15) is 12.5 Å². The number of rotatable bonds is 3. The van der Waals surface area contributed by atoms with Gasteiger partial charge in [-0.25, -0.2) is 4.79 Å². The number of carbonyl (C=O) groups excluding carboxylic acids is 1. The molecule has 0 saturated heterocycles. The Kier molecular flexibility index (Phi) is 3.74. The van der Waals surface area contributed by atoms with Gasteiger partial charge in [-0.1, -0.05) is 30.3 Å². The van der Waals surface area contributed by atoms with Gasteiger partial charge in [0, 0.05) is 5.56 Å². The van der Waals surface area contributed by atoms with Crippen LogP contribution in [0, 0.1) is 0 Å². The van der Waals surface area contributed by atoms with E-state index in [2.05, 4.69) is 4.99 Å². The zero-order chi connectivity index (χ0) is 13.0. The molecular formula is C13H15NO4. The van der Waals surface area contributed by atoms with Gasteiger partial charge in [0.25, 0.3) is 0 Å². The zero-order valence-electron chi connectivity index (χ0n) is 10.1. The maximum atomic E-state index is 11.8. The van der Waals surface area contributed by atoms with Crippen molar-refractivity contribution in [2.75, 3.05) is 19.8 Å². The van der Waals surface area contributed by atoms with Crippen LogP contribution in [0.4, 0.5) is 0 Å². The van der Waals surface area contributed by atoms with E-state index >= 15 is 0 Å². The summed E-state index contributed by atoms with van der Waals surface area (Å²) in [6.07, 6.45) is 0. The average molecular weight is 249 g/mol. The maximum Gasteiger partial charge on any atom is 0.373 e. The van der Waals surface area contributed by atoms with E-state index in [9.17, 15) is 9.90 Å². The molecule has 5 heteroatoms. The van der Waals surface area contributed by atoms with Gasteiger partial charge in [0.1, 0.15) is 5.71 Å². The van der Waals surface area contributed by atoms with Crippen molar-refractivity contribution < 1.29 is 19.4 Å². The molecule has 18 heavy (non-hydrogen) atoms. The minimum atomic E-state index is -2.10. The fraction of sp³-hybridized carbons (Fsp3) is 0.385. The summed E-state index contributed by atoms with van der Waals surface area (Å²) in [4.78, 5) is 16.0. The number of hydrogen-bond acceptors (Lipinski definition) is 5. The van der Waals surface area contributed by atoms with E-state index in [0.717, 1.165) is 0 Å². The summed E-state index contributed by atoms with van der Waals surface area (Å²) >= 11 is 0. The molecule has 1 unspecified atom stereocenters.